The van der Waals surface area contributed by atoms with E-state index in [9.17, 15) is 4.79 Å². The van der Waals surface area contributed by atoms with Crippen molar-refractivity contribution in [3.8, 4) is 0 Å². The van der Waals surface area contributed by atoms with Crippen molar-refractivity contribution in [3.05, 3.63) is 21.3 Å². The lowest BCUT2D eigenvalue weighted by atomic mass is 10.4. The molecule has 1 aromatic rings. The number of imidazole rings is 1. The average molecular weight is 190 g/mol. The molecule has 0 aliphatic heterocycles. The fraction of sp³-hybridized carbons (Fsp3) is 0.571. The lowest BCUT2D eigenvalue weighted by Crippen LogP contribution is -2.21. The lowest BCUT2D eigenvalue weighted by molar-refractivity contribution is 0.710. The Kier molecular flexibility index (Phi) is 2.59. The van der Waals surface area contributed by atoms with E-state index in [1.165, 1.54) is 4.57 Å². The van der Waals surface area contributed by atoms with E-state index in [1.54, 1.807) is 18.7 Å². The zero-order chi connectivity index (χ0) is 9.30. The zero-order valence-electron chi connectivity index (χ0n) is 7.39. The summed E-state index contributed by atoms with van der Waals surface area (Å²) >= 11 is 5.90. The molecular weight excluding hydrogens is 178 g/mol. The van der Waals surface area contributed by atoms with Gasteiger partial charge in [-0.2, -0.15) is 0 Å². The highest BCUT2D eigenvalue weighted by molar-refractivity contribution is 6.30. The van der Waals surface area contributed by atoms with Crippen LogP contribution in [0.4, 0.5) is 0 Å². The minimum atomic E-state index is -0.0924. The van der Waals surface area contributed by atoms with Crippen molar-refractivity contribution in [2.24, 2.45) is 14.1 Å². The molecule has 0 atom stereocenters. The van der Waals surface area contributed by atoms with Gasteiger partial charge < -0.3 is 5.32 Å². The molecule has 4 nitrogen and oxygen atoms in total. The number of nitrogens with one attached hydrogen (secondary N) is 1. The predicted octanol–water partition coefficient (Wildman–Crippen LogP) is 0.0966. The van der Waals surface area contributed by atoms with Gasteiger partial charge in [0.2, 0.25) is 0 Å². The first-order chi connectivity index (χ1) is 5.59. The van der Waals surface area contributed by atoms with Crippen molar-refractivity contribution in [2.75, 3.05) is 7.05 Å². The van der Waals surface area contributed by atoms with Gasteiger partial charge in [0.05, 0.1) is 5.69 Å². The van der Waals surface area contributed by atoms with Crippen molar-refractivity contribution >= 4 is 11.6 Å². The molecule has 0 saturated carbocycles. The average Bonchev–Trinajstić information content (AvgIpc) is 2.23. The smallest absolute Gasteiger partial charge is 0.314 e. The van der Waals surface area contributed by atoms with Gasteiger partial charge in [-0.05, 0) is 7.05 Å². The Morgan fingerprint density at radius 2 is 2.00 bits per heavy atom. The first kappa shape index (κ1) is 9.35. The van der Waals surface area contributed by atoms with Gasteiger partial charge in [0.1, 0.15) is 5.15 Å². The van der Waals surface area contributed by atoms with Crippen LogP contribution < -0.4 is 11.0 Å². The van der Waals surface area contributed by atoms with E-state index in [-0.39, 0.29) is 5.69 Å². The monoisotopic (exact) mass is 189 g/mol. The summed E-state index contributed by atoms with van der Waals surface area (Å²) in [5, 5.41) is 3.45. The Morgan fingerprint density at radius 3 is 2.33 bits per heavy atom. The summed E-state index contributed by atoms with van der Waals surface area (Å²) in [6, 6.07) is 0. The van der Waals surface area contributed by atoms with Gasteiger partial charge in [-0.25, -0.2) is 4.79 Å². The normalized spacial score (nSPS) is 10.7. The molecule has 12 heavy (non-hydrogen) atoms. The van der Waals surface area contributed by atoms with Gasteiger partial charge in [-0.15, -0.1) is 0 Å². The van der Waals surface area contributed by atoms with Crippen molar-refractivity contribution in [3.63, 3.8) is 0 Å². The molecule has 1 rings (SSSR count). The van der Waals surface area contributed by atoms with Gasteiger partial charge in [-0.1, -0.05) is 11.6 Å². The van der Waals surface area contributed by atoms with Crippen LogP contribution in [0.15, 0.2) is 4.79 Å². The molecular formula is C7H12ClN3O. The van der Waals surface area contributed by atoms with E-state index < -0.39 is 0 Å². The van der Waals surface area contributed by atoms with Crippen LogP contribution in [0.1, 0.15) is 5.69 Å². The van der Waals surface area contributed by atoms with Crippen molar-refractivity contribution in [1.82, 2.24) is 14.5 Å². The van der Waals surface area contributed by atoms with Crippen LogP contribution in [0.25, 0.3) is 0 Å². The Morgan fingerprint density at radius 1 is 1.42 bits per heavy atom. The van der Waals surface area contributed by atoms with Crippen LogP contribution in [-0.2, 0) is 20.6 Å². The number of aromatic nitrogens is 2. The highest BCUT2D eigenvalue weighted by atomic mass is 35.5. The van der Waals surface area contributed by atoms with Crippen LogP contribution >= 0.6 is 11.6 Å². The maximum Gasteiger partial charge on any atom is 0.329 e. The van der Waals surface area contributed by atoms with Crippen LogP contribution in [0.3, 0.4) is 0 Å². The number of hydrogen-bond donors (Lipinski definition) is 1. The molecule has 1 aromatic heterocycles. The maximum atomic E-state index is 11.3. The quantitative estimate of drug-likeness (QED) is 0.717. The molecule has 0 radical (unpaired) electrons. The molecule has 0 amide bonds. The topological polar surface area (TPSA) is 39.0 Å². The van der Waals surface area contributed by atoms with E-state index in [0.29, 0.717) is 11.7 Å². The lowest BCUT2D eigenvalue weighted by Gasteiger charge is -1.99. The zero-order valence-corrected chi connectivity index (χ0v) is 8.14. The highest BCUT2D eigenvalue weighted by Crippen LogP contribution is 2.11. The van der Waals surface area contributed by atoms with Gasteiger partial charge in [0.15, 0.2) is 0 Å². The van der Waals surface area contributed by atoms with Gasteiger partial charge >= 0.3 is 5.69 Å². The molecule has 0 fully saturated rings. The number of hydrogen-bond acceptors (Lipinski definition) is 2. The molecule has 0 aliphatic carbocycles. The summed E-state index contributed by atoms with van der Waals surface area (Å²) in [5.41, 5.74) is 0.719. The van der Waals surface area contributed by atoms with Gasteiger partial charge in [-0.3, -0.25) is 9.13 Å². The molecule has 1 N–H and O–H groups in total. The van der Waals surface area contributed by atoms with Crippen LogP contribution in [0, 0.1) is 0 Å². The fourth-order valence-corrected chi connectivity index (χ4v) is 1.38. The molecule has 0 unspecified atom stereocenters. The summed E-state index contributed by atoms with van der Waals surface area (Å²) < 4.78 is 2.97. The standard InChI is InChI=1S/C7H12ClN3O/c1-9-4-5-6(8)11(3)7(12)10(5)2/h9H,4H2,1-3H3. The first-order valence-corrected chi connectivity index (χ1v) is 4.02. The molecule has 1 heterocycles. The second-order valence-electron chi connectivity index (χ2n) is 2.67. The molecule has 0 spiro atoms. The second-order valence-corrected chi connectivity index (χ2v) is 3.03. The van der Waals surface area contributed by atoms with Crippen LogP contribution in [0.2, 0.25) is 5.15 Å². The predicted molar refractivity (Wildman–Crippen MR) is 48.4 cm³/mol. The summed E-state index contributed by atoms with van der Waals surface area (Å²) in [4.78, 5) is 11.3. The molecule has 0 aliphatic rings. The third kappa shape index (κ3) is 1.28. The van der Waals surface area contributed by atoms with E-state index in [0.717, 1.165) is 5.69 Å². The molecule has 0 aromatic carbocycles. The van der Waals surface area contributed by atoms with E-state index in [1.807, 2.05) is 7.05 Å². The van der Waals surface area contributed by atoms with Gasteiger partial charge in [0, 0.05) is 20.6 Å². The highest BCUT2D eigenvalue weighted by Gasteiger charge is 2.11. The second kappa shape index (κ2) is 3.33. The SMILES string of the molecule is CNCc1c(Cl)n(C)c(=O)n1C. The first-order valence-electron chi connectivity index (χ1n) is 3.64. The van der Waals surface area contributed by atoms with Crippen LogP contribution in [-0.4, -0.2) is 16.2 Å². The summed E-state index contributed by atoms with van der Waals surface area (Å²) in [6.07, 6.45) is 0. The molecule has 5 heteroatoms. The van der Waals surface area contributed by atoms with Crippen molar-refractivity contribution < 1.29 is 0 Å². The van der Waals surface area contributed by atoms with E-state index >= 15 is 0 Å². The Hall–Kier alpha value is -0.740. The third-order valence-corrected chi connectivity index (χ3v) is 2.33. The molecule has 68 valence electrons. The largest absolute Gasteiger partial charge is 0.329 e. The fourth-order valence-electron chi connectivity index (χ4n) is 1.12. The third-order valence-electron chi connectivity index (χ3n) is 1.86. The number of rotatable bonds is 2. The minimum Gasteiger partial charge on any atom is -0.314 e. The van der Waals surface area contributed by atoms with Crippen LogP contribution in [0.5, 0.6) is 0 Å². The maximum absolute atomic E-state index is 11.3. The minimum absolute atomic E-state index is 0.0924. The number of halogens is 1. The Bertz CT molecular complexity index is 339. The molecule has 0 bridgehead atoms. The Balaban J connectivity index is 3.28. The Labute approximate surface area is 75.8 Å². The van der Waals surface area contributed by atoms with Crippen molar-refractivity contribution in [2.45, 2.75) is 6.54 Å². The summed E-state index contributed by atoms with van der Waals surface area (Å²) in [7, 11) is 5.18. The number of nitrogens with zero attached hydrogens (tertiary/aromatic N) is 2. The summed E-state index contributed by atoms with van der Waals surface area (Å²) in [6.45, 7) is 0.603. The van der Waals surface area contributed by atoms with E-state index in [4.69, 9.17) is 11.6 Å². The molecule has 0 saturated heterocycles. The van der Waals surface area contributed by atoms with Gasteiger partial charge in [0.25, 0.3) is 0 Å². The summed E-state index contributed by atoms with van der Waals surface area (Å²) in [5.74, 6) is 0. The van der Waals surface area contributed by atoms with Crippen molar-refractivity contribution in [1.29, 1.82) is 0 Å². The van der Waals surface area contributed by atoms with E-state index in [2.05, 4.69) is 5.32 Å².